The lowest BCUT2D eigenvalue weighted by Crippen LogP contribution is -2.11. The van der Waals surface area contributed by atoms with Crippen molar-refractivity contribution in [3.05, 3.63) is 46.3 Å². The van der Waals surface area contributed by atoms with Gasteiger partial charge in [0.2, 0.25) is 5.82 Å². The van der Waals surface area contributed by atoms with Crippen LogP contribution in [0.25, 0.3) is 22.4 Å². The normalized spacial score (nSPS) is 12.0. The van der Waals surface area contributed by atoms with Gasteiger partial charge >= 0.3 is 6.18 Å². The Morgan fingerprint density at radius 3 is 2.48 bits per heavy atom. The van der Waals surface area contributed by atoms with Crippen molar-refractivity contribution in [2.24, 2.45) is 0 Å². The van der Waals surface area contributed by atoms with Crippen molar-refractivity contribution >= 4 is 34.2 Å². The van der Waals surface area contributed by atoms with Crippen LogP contribution in [0.4, 0.5) is 13.2 Å². The number of benzene rings is 1. The third kappa shape index (κ3) is 2.69. The lowest BCUT2D eigenvalue weighted by Gasteiger charge is -2.06. The molecule has 0 fully saturated rings. The Kier molecular flexibility index (Phi) is 3.30. The molecule has 2 aromatic heterocycles. The molecule has 0 spiro atoms. The van der Waals surface area contributed by atoms with Gasteiger partial charge in [-0.1, -0.05) is 35.3 Å². The van der Waals surface area contributed by atoms with E-state index in [0.29, 0.717) is 16.0 Å². The number of aromatic nitrogens is 2. The fraction of sp³-hybridized carbons (Fsp3) is 0.0769. The summed E-state index contributed by atoms with van der Waals surface area (Å²) in [5.41, 5.74) is 0.312. The molecule has 0 aliphatic rings. The summed E-state index contributed by atoms with van der Waals surface area (Å²) in [7, 11) is 0. The molecule has 2 heterocycles. The number of fused-ring (bicyclic) bond motifs is 1. The molecule has 0 bridgehead atoms. The van der Waals surface area contributed by atoms with Crippen LogP contribution in [0.2, 0.25) is 10.2 Å². The fourth-order valence-electron chi connectivity index (χ4n) is 1.82. The largest absolute Gasteiger partial charge is 0.453 e. The maximum absolute atomic E-state index is 12.7. The van der Waals surface area contributed by atoms with Gasteiger partial charge in [0.15, 0.2) is 11.3 Å². The highest BCUT2D eigenvalue weighted by Crippen LogP contribution is 2.34. The van der Waals surface area contributed by atoms with Crippen LogP contribution in [0.5, 0.6) is 0 Å². The molecule has 3 nitrogen and oxygen atoms in total. The molecule has 0 radical (unpaired) electrons. The monoisotopic (exact) mass is 332 g/mol. The number of para-hydroxylation sites is 1. The van der Waals surface area contributed by atoms with Gasteiger partial charge in [-0.15, -0.1) is 0 Å². The summed E-state index contributed by atoms with van der Waals surface area (Å²) in [5, 5.41) is 0.689. The standard InChI is InChI=1S/C13H5Cl2F3N2O/c14-7-3-1-2-6-4-9(21-11(6)7)8-5-10(15)20-12(19-8)13(16,17)18/h1-5H. The van der Waals surface area contributed by atoms with Gasteiger partial charge in [0.1, 0.15) is 10.8 Å². The predicted molar refractivity (Wildman–Crippen MR) is 72.3 cm³/mol. The zero-order valence-electron chi connectivity index (χ0n) is 10.1. The van der Waals surface area contributed by atoms with E-state index in [1.165, 1.54) is 6.07 Å². The minimum atomic E-state index is -4.69. The molecule has 0 saturated carbocycles. The molecule has 0 N–H and O–H groups in total. The Balaban J connectivity index is 2.18. The molecule has 0 aliphatic carbocycles. The van der Waals surface area contributed by atoms with E-state index < -0.39 is 12.0 Å². The fourth-order valence-corrected chi connectivity index (χ4v) is 2.23. The Bertz CT molecular complexity index is 830. The van der Waals surface area contributed by atoms with Gasteiger partial charge in [0.25, 0.3) is 0 Å². The number of hydrogen-bond donors (Lipinski definition) is 0. The van der Waals surface area contributed by atoms with E-state index in [-0.39, 0.29) is 16.6 Å². The first-order valence-corrected chi connectivity index (χ1v) is 6.40. The SMILES string of the molecule is FC(F)(F)c1nc(Cl)cc(-c2cc3cccc(Cl)c3o2)n1. The van der Waals surface area contributed by atoms with E-state index in [2.05, 4.69) is 9.97 Å². The van der Waals surface area contributed by atoms with Gasteiger partial charge in [0.05, 0.1) is 5.02 Å². The molecular weight excluding hydrogens is 328 g/mol. The lowest BCUT2D eigenvalue weighted by molar-refractivity contribution is -0.144. The molecule has 108 valence electrons. The summed E-state index contributed by atoms with van der Waals surface area (Å²) < 4.78 is 43.5. The van der Waals surface area contributed by atoms with Crippen molar-refractivity contribution in [3.63, 3.8) is 0 Å². The summed E-state index contributed by atoms with van der Waals surface area (Å²) in [6.07, 6.45) is -4.69. The van der Waals surface area contributed by atoms with E-state index in [9.17, 15) is 13.2 Å². The molecule has 0 atom stereocenters. The molecule has 1 aromatic carbocycles. The first-order chi connectivity index (χ1) is 9.84. The van der Waals surface area contributed by atoms with Crippen molar-refractivity contribution in [1.82, 2.24) is 9.97 Å². The Morgan fingerprint density at radius 2 is 1.81 bits per heavy atom. The van der Waals surface area contributed by atoms with Gasteiger partial charge in [-0.2, -0.15) is 13.2 Å². The highest BCUT2D eigenvalue weighted by atomic mass is 35.5. The molecule has 21 heavy (non-hydrogen) atoms. The van der Waals surface area contributed by atoms with Crippen LogP contribution in [0, 0.1) is 0 Å². The number of rotatable bonds is 1. The van der Waals surface area contributed by atoms with E-state index in [0.717, 1.165) is 0 Å². The molecule has 0 aliphatic heterocycles. The van der Waals surface area contributed by atoms with Crippen LogP contribution >= 0.6 is 23.2 Å². The van der Waals surface area contributed by atoms with Crippen LogP contribution in [-0.2, 0) is 6.18 Å². The van der Waals surface area contributed by atoms with Gasteiger partial charge in [-0.25, -0.2) is 9.97 Å². The van der Waals surface area contributed by atoms with Gasteiger partial charge in [-0.3, -0.25) is 0 Å². The third-order valence-corrected chi connectivity index (χ3v) is 3.19. The van der Waals surface area contributed by atoms with Crippen LogP contribution < -0.4 is 0 Å². The van der Waals surface area contributed by atoms with E-state index in [1.807, 2.05) is 0 Å². The van der Waals surface area contributed by atoms with Crippen molar-refractivity contribution in [1.29, 1.82) is 0 Å². The molecular formula is C13H5Cl2F3N2O. The molecule has 0 amide bonds. The Labute approximate surface area is 126 Å². The van der Waals surface area contributed by atoms with E-state index in [4.69, 9.17) is 27.6 Å². The molecule has 3 aromatic rings. The minimum Gasteiger partial charge on any atom is -0.453 e. The molecule has 0 saturated heterocycles. The minimum absolute atomic E-state index is 0.0606. The van der Waals surface area contributed by atoms with Gasteiger partial charge in [-0.05, 0) is 12.1 Å². The highest BCUT2D eigenvalue weighted by Gasteiger charge is 2.35. The van der Waals surface area contributed by atoms with Crippen molar-refractivity contribution in [3.8, 4) is 11.5 Å². The predicted octanol–water partition coefficient (Wildman–Crippen LogP) is 5.22. The summed E-state index contributed by atoms with van der Waals surface area (Å²) in [4.78, 5) is 6.61. The number of furan rings is 1. The second-order valence-corrected chi connectivity index (χ2v) is 4.96. The van der Waals surface area contributed by atoms with Crippen LogP contribution in [-0.4, -0.2) is 9.97 Å². The molecule has 0 unspecified atom stereocenters. The first kappa shape index (κ1) is 14.2. The van der Waals surface area contributed by atoms with Crippen molar-refractivity contribution < 1.29 is 17.6 Å². The lowest BCUT2D eigenvalue weighted by atomic mass is 10.2. The quantitative estimate of drug-likeness (QED) is 0.574. The zero-order chi connectivity index (χ0) is 15.2. The van der Waals surface area contributed by atoms with Gasteiger partial charge < -0.3 is 4.42 Å². The second-order valence-electron chi connectivity index (χ2n) is 4.17. The van der Waals surface area contributed by atoms with Crippen LogP contribution in [0.3, 0.4) is 0 Å². The van der Waals surface area contributed by atoms with Crippen LogP contribution in [0.15, 0.2) is 34.7 Å². The maximum atomic E-state index is 12.7. The maximum Gasteiger partial charge on any atom is 0.451 e. The van der Waals surface area contributed by atoms with Crippen molar-refractivity contribution in [2.45, 2.75) is 6.18 Å². The second kappa shape index (κ2) is 4.89. The summed E-state index contributed by atoms with van der Waals surface area (Å²) in [5.74, 6) is -1.19. The number of nitrogens with zero attached hydrogens (tertiary/aromatic N) is 2. The average Bonchev–Trinajstić information content (AvgIpc) is 2.82. The summed E-state index contributed by atoms with van der Waals surface area (Å²) in [6, 6.07) is 7.79. The van der Waals surface area contributed by atoms with E-state index >= 15 is 0 Å². The summed E-state index contributed by atoms with van der Waals surface area (Å²) in [6.45, 7) is 0. The smallest absolute Gasteiger partial charge is 0.451 e. The van der Waals surface area contributed by atoms with E-state index in [1.54, 1.807) is 24.3 Å². The number of hydrogen-bond acceptors (Lipinski definition) is 3. The Morgan fingerprint density at radius 1 is 1.05 bits per heavy atom. The highest BCUT2D eigenvalue weighted by molar-refractivity contribution is 6.34. The number of halogens is 5. The summed E-state index contributed by atoms with van der Waals surface area (Å²) >= 11 is 11.6. The average molecular weight is 333 g/mol. The third-order valence-electron chi connectivity index (χ3n) is 2.70. The van der Waals surface area contributed by atoms with Gasteiger partial charge in [0, 0.05) is 11.5 Å². The van der Waals surface area contributed by atoms with Crippen molar-refractivity contribution in [2.75, 3.05) is 0 Å². The molecule has 8 heteroatoms. The topological polar surface area (TPSA) is 38.9 Å². The Hall–Kier alpha value is -1.79. The first-order valence-electron chi connectivity index (χ1n) is 5.65. The zero-order valence-corrected chi connectivity index (χ0v) is 11.6. The van der Waals surface area contributed by atoms with Crippen LogP contribution in [0.1, 0.15) is 5.82 Å². The number of alkyl halides is 3. The molecule has 3 rings (SSSR count).